The molecule has 0 fully saturated rings. The Morgan fingerprint density at radius 3 is 2.73 bits per heavy atom. The zero-order valence-electron chi connectivity index (χ0n) is 8.34. The number of aryl methyl sites for hydroxylation is 1. The lowest BCUT2D eigenvalue weighted by Crippen LogP contribution is -1.93. The molecule has 0 unspecified atom stereocenters. The van der Waals surface area contributed by atoms with E-state index in [1.54, 1.807) is 0 Å². The highest BCUT2D eigenvalue weighted by atomic mass is 16.5. The quantitative estimate of drug-likeness (QED) is 0.808. The second kappa shape index (κ2) is 3.96. The molecule has 2 N–H and O–H groups in total. The lowest BCUT2D eigenvalue weighted by Gasteiger charge is -2.04. The minimum absolute atomic E-state index is 0.381. The van der Waals surface area contributed by atoms with Crippen LogP contribution in [0, 0.1) is 6.92 Å². The minimum Gasteiger partial charge on any atom is -0.437 e. The smallest absolute Gasteiger partial charge is 0.237 e. The number of ether oxygens (including phenoxy) is 1. The van der Waals surface area contributed by atoms with Gasteiger partial charge in [0.15, 0.2) is 0 Å². The molecule has 0 aliphatic carbocycles. The summed E-state index contributed by atoms with van der Waals surface area (Å²) in [6.07, 6.45) is 2.96. The van der Waals surface area contributed by atoms with Gasteiger partial charge in [0.05, 0.1) is 12.4 Å². The van der Waals surface area contributed by atoms with Gasteiger partial charge in [-0.05, 0) is 24.6 Å². The van der Waals surface area contributed by atoms with Crippen molar-refractivity contribution in [2.45, 2.75) is 6.92 Å². The van der Waals surface area contributed by atoms with Crippen LogP contribution in [0.15, 0.2) is 36.7 Å². The van der Waals surface area contributed by atoms with Gasteiger partial charge in [0, 0.05) is 0 Å². The van der Waals surface area contributed by atoms with Crippen LogP contribution < -0.4 is 10.5 Å². The topological polar surface area (TPSA) is 61.0 Å². The Morgan fingerprint density at radius 1 is 1.20 bits per heavy atom. The first-order chi connectivity index (χ1) is 7.24. The van der Waals surface area contributed by atoms with E-state index < -0.39 is 0 Å². The van der Waals surface area contributed by atoms with Crippen molar-refractivity contribution in [3.63, 3.8) is 0 Å². The summed E-state index contributed by atoms with van der Waals surface area (Å²) in [6, 6.07) is 7.72. The van der Waals surface area contributed by atoms with Crippen molar-refractivity contribution < 1.29 is 4.74 Å². The van der Waals surface area contributed by atoms with Gasteiger partial charge in [-0.3, -0.25) is 0 Å². The van der Waals surface area contributed by atoms with E-state index in [-0.39, 0.29) is 0 Å². The Hall–Kier alpha value is -2.10. The summed E-state index contributed by atoms with van der Waals surface area (Å²) >= 11 is 0. The van der Waals surface area contributed by atoms with Crippen LogP contribution in [0.1, 0.15) is 5.56 Å². The van der Waals surface area contributed by atoms with E-state index in [1.165, 1.54) is 12.4 Å². The van der Waals surface area contributed by atoms with Crippen molar-refractivity contribution >= 4 is 5.82 Å². The highest BCUT2D eigenvalue weighted by Crippen LogP contribution is 2.19. The van der Waals surface area contributed by atoms with E-state index in [1.807, 2.05) is 31.2 Å². The minimum atomic E-state index is 0.381. The number of nitrogens with zero attached hydrogens (tertiary/aromatic N) is 2. The molecule has 2 aromatic rings. The molecule has 4 nitrogen and oxygen atoms in total. The summed E-state index contributed by atoms with van der Waals surface area (Å²) < 4.78 is 5.48. The standard InChI is InChI=1S/C11H11N3O/c1-8-3-2-4-9(5-8)15-11-7-13-10(12)6-14-11/h2-7H,1H3,(H2,12,13). The van der Waals surface area contributed by atoms with Crippen LogP contribution in [0.25, 0.3) is 0 Å². The van der Waals surface area contributed by atoms with Crippen molar-refractivity contribution in [2.24, 2.45) is 0 Å². The number of anilines is 1. The van der Waals surface area contributed by atoms with E-state index in [4.69, 9.17) is 10.5 Å². The molecule has 0 saturated heterocycles. The predicted molar refractivity (Wildman–Crippen MR) is 57.7 cm³/mol. The molecule has 15 heavy (non-hydrogen) atoms. The Morgan fingerprint density at radius 2 is 2.07 bits per heavy atom. The van der Waals surface area contributed by atoms with E-state index in [2.05, 4.69) is 9.97 Å². The number of benzene rings is 1. The number of rotatable bonds is 2. The van der Waals surface area contributed by atoms with E-state index in [0.29, 0.717) is 11.7 Å². The molecular weight excluding hydrogens is 190 g/mol. The number of nitrogens with two attached hydrogens (primary N) is 1. The molecule has 4 heteroatoms. The lowest BCUT2D eigenvalue weighted by molar-refractivity contribution is 0.460. The SMILES string of the molecule is Cc1cccc(Oc2cnc(N)cn2)c1. The van der Waals surface area contributed by atoms with Crippen LogP contribution in [0.3, 0.4) is 0 Å². The molecule has 0 saturated carbocycles. The molecule has 1 heterocycles. The Bertz CT molecular complexity index is 454. The molecule has 0 amide bonds. The number of hydrogen-bond donors (Lipinski definition) is 1. The molecule has 2 rings (SSSR count). The molecule has 0 aliphatic heterocycles. The van der Waals surface area contributed by atoms with E-state index in [0.717, 1.165) is 11.3 Å². The number of aromatic nitrogens is 2. The monoisotopic (exact) mass is 201 g/mol. The van der Waals surface area contributed by atoms with Crippen molar-refractivity contribution in [1.29, 1.82) is 0 Å². The fourth-order valence-electron chi connectivity index (χ4n) is 1.18. The molecule has 0 atom stereocenters. The zero-order valence-corrected chi connectivity index (χ0v) is 8.34. The molecule has 0 spiro atoms. The third kappa shape index (κ3) is 2.43. The first kappa shape index (κ1) is 9.45. The summed E-state index contributed by atoms with van der Waals surface area (Å²) in [7, 11) is 0. The van der Waals surface area contributed by atoms with Gasteiger partial charge in [0.25, 0.3) is 0 Å². The largest absolute Gasteiger partial charge is 0.437 e. The summed E-state index contributed by atoms with van der Waals surface area (Å²) in [5.74, 6) is 1.57. The Labute approximate surface area is 87.7 Å². The van der Waals surface area contributed by atoms with Gasteiger partial charge in [-0.2, -0.15) is 0 Å². The highest BCUT2D eigenvalue weighted by molar-refractivity contribution is 5.31. The van der Waals surface area contributed by atoms with Crippen LogP contribution in [0.2, 0.25) is 0 Å². The highest BCUT2D eigenvalue weighted by Gasteiger charge is 1.98. The summed E-state index contributed by atoms with van der Waals surface area (Å²) in [4.78, 5) is 7.88. The normalized spacial score (nSPS) is 9.93. The van der Waals surface area contributed by atoms with Gasteiger partial charge in [0.2, 0.25) is 5.88 Å². The lowest BCUT2D eigenvalue weighted by atomic mass is 10.2. The van der Waals surface area contributed by atoms with Gasteiger partial charge in [-0.1, -0.05) is 12.1 Å². The number of nitrogen functional groups attached to an aromatic ring is 1. The van der Waals surface area contributed by atoms with E-state index in [9.17, 15) is 0 Å². The van der Waals surface area contributed by atoms with E-state index >= 15 is 0 Å². The molecule has 0 bridgehead atoms. The average Bonchev–Trinajstić information content (AvgIpc) is 2.22. The van der Waals surface area contributed by atoms with Crippen LogP contribution in [0.4, 0.5) is 5.82 Å². The third-order valence-electron chi connectivity index (χ3n) is 1.86. The van der Waals surface area contributed by atoms with Gasteiger partial charge in [-0.25, -0.2) is 9.97 Å². The van der Waals surface area contributed by atoms with Crippen molar-refractivity contribution in [2.75, 3.05) is 5.73 Å². The summed E-state index contributed by atoms with van der Waals surface area (Å²) in [6.45, 7) is 2.00. The first-order valence-corrected chi connectivity index (χ1v) is 4.56. The first-order valence-electron chi connectivity index (χ1n) is 4.56. The number of hydrogen-bond acceptors (Lipinski definition) is 4. The molecule has 1 aromatic carbocycles. The zero-order chi connectivity index (χ0) is 10.7. The van der Waals surface area contributed by atoms with Crippen LogP contribution in [-0.2, 0) is 0 Å². The predicted octanol–water partition coefficient (Wildman–Crippen LogP) is 2.16. The average molecular weight is 201 g/mol. The van der Waals surface area contributed by atoms with Crippen LogP contribution in [0.5, 0.6) is 11.6 Å². The van der Waals surface area contributed by atoms with Gasteiger partial charge < -0.3 is 10.5 Å². The maximum atomic E-state index is 5.48. The van der Waals surface area contributed by atoms with Crippen LogP contribution in [-0.4, -0.2) is 9.97 Å². The van der Waals surface area contributed by atoms with Crippen molar-refractivity contribution in [1.82, 2.24) is 9.97 Å². The molecule has 76 valence electrons. The maximum absolute atomic E-state index is 5.48. The Kier molecular flexibility index (Phi) is 2.49. The third-order valence-corrected chi connectivity index (χ3v) is 1.86. The van der Waals surface area contributed by atoms with Crippen LogP contribution >= 0.6 is 0 Å². The fraction of sp³-hybridized carbons (Fsp3) is 0.0909. The van der Waals surface area contributed by atoms with Gasteiger partial charge >= 0.3 is 0 Å². The van der Waals surface area contributed by atoms with Crippen molar-refractivity contribution in [3.8, 4) is 11.6 Å². The molecule has 0 radical (unpaired) electrons. The van der Waals surface area contributed by atoms with Gasteiger partial charge in [0.1, 0.15) is 11.6 Å². The Balaban J connectivity index is 2.18. The fourth-order valence-corrected chi connectivity index (χ4v) is 1.18. The van der Waals surface area contributed by atoms with Crippen molar-refractivity contribution in [3.05, 3.63) is 42.2 Å². The second-order valence-corrected chi connectivity index (χ2v) is 3.20. The molecule has 0 aliphatic rings. The molecule has 1 aromatic heterocycles. The summed E-state index contributed by atoms with van der Waals surface area (Å²) in [5, 5.41) is 0. The van der Waals surface area contributed by atoms with Gasteiger partial charge in [-0.15, -0.1) is 0 Å². The molecular formula is C11H11N3O. The summed E-state index contributed by atoms with van der Waals surface area (Å²) in [5.41, 5.74) is 6.55. The second-order valence-electron chi connectivity index (χ2n) is 3.20. The maximum Gasteiger partial charge on any atom is 0.237 e.